The maximum atomic E-state index is 12.8. The van der Waals surface area contributed by atoms with E-state index in [1.165, 1.54) is 0 Å². The number of piperidine rings is 1. The fraction of sp³-hybridized carbons (Fsp3) is 0.346. The Bertz CT molecular complexity index is 1290. The van der Waals surface area contributed by atoms with Crippen LogP contribution in [0, 0.1) is 5.92 Å². The second-order valence-corrected chi connectivity index (χ2v) is 9.17. The first-order chi connectivity index (χ1) is 16.6. The van der Waals surface area contributed by atoms with Gasteiger partial charge >= 0.3 is 0 Å². The lowest BCUT2D eigenvalue weighted by Crippen LogP contribution is -2.47. The zero-order valence-corrected chi connectivity index (χ0v) is 18.8. The second kappa shape index (κ2) is 8.52. The number of pyridine rings is 2. The quantitative estimate of drug-likeness (QED) is 0.648. The molecule has 0 spiro atoms. The highest BCUT2D eigenvalue weighted by molar-refractivity contribution is 6.04. The number of rotatable bonds is 3. The van der Waals surface area contributed by atoms with E-state index in [2.05, 4.69) is 21.3 Å². The van der Waals surface area contributed by atoms with Crippen molar-refractivity contribution in [3.8, 4) is 11.5 Å². The van der Waals surface area contributed by atoms with Crippen molar-refractivity contribution in [1.29, 1.82) is 0 Å². The van der Waals surface area contributed by atoms with Gasteiger partial charge in [-0.05, 0) is 48.7 Å². The van der Waals surface area contributed by atoms with Gasteiger partial charge in [0.15, 0.2) is 11.5 Å². The van der Waals surface area contributed by atoms with Crippen LogP contribution in [0.5, 0.6) is 11.5 Å². The monoisotopic (exact) mass is 458 g/mol. The fourth-order valence-electron chi connectivity index (χ4n) is 5.24. The zero-order valence-electron chi connectivity index (χ0n) is 18.8. The third-order valence-corrected chi connectivity index (χ3v) is 6.82. The molecule has 2 aromatic heterocycles. The molecule has 3 aliphatic rings. The summed E-state index contributed by atoms with van der Waals surface area (Å²) in [4.78, 5) is 31.9. The van der Waals surface area contributed by atoms with Crippen LogP contribution >= 0.6 is 0 Å². The molecule has 6 rings (SSSR count). The van der Waals surface area contributed by atoms with Gasteiger partial charge in [-0.3, -0.25) is 9.59 Å². The molecule has 174 valence electrons. The van der Waals surface area contributed by atoms with Crippen LogP contribution in [0.2, 0.25) is 0 Å². The number of carbonyl (C=O) groups is 1. The summed E-state index contributed by atoms with van der Waals surface area (Å²) in [7, 11) is 0. The van der Waals surface area contributed by atoms with Gasteiger partial charge in [0.1, 0.15) is 5.82 Å². The van der Waals surface area contributed by atoms with Gasteiger partial charge in [-0.15, -0.1) is 0 Å². The standard InChI is InChI=1S/C26H26N4O4/c31-25-4-1-3-21-19-11-17(15-30(21)25)14-29(16-19)24-8-6-20(13-27-24)28-26(32)18-5-7-22-23(12-18)34-10-2-9-33-22/h1,3-8,12-13,17,19H,2,9-11,14-16H2,(H,28,32)/t17-,19+/m1/s1. The SMILES string of the molecule is O=C(Nc1ccc(N2C[C@H]3C[C@@H](C2)c2cccc(=O)n2C3)nc1)c1ccc2c(c1)OCCCO2. The summed E-state index contributed by atoms with van der Waals surface area (Å²) >= 11 is 0. The highest BCUT2D eigenvalue weighted by atomic mass is 16.5. The minimum atomic E-state index is -0.222. The number of aromatic nitrogens is 2. The molecule has 1 N–H and O–H groups in total. The minimum absolute atomic E-state index is 0.0902. The van der Waals surface area contributed by atoms with Crippen LogP contribution in [-0.2, 0) is 6.54 Å². The Morgan fingerprint density at radius 1 is 1.00 bits per heavy atom. The van der Waals surface area contributed by atoms with Crippen molar-refractivity contribution in [3.63, 3.8) is 0 Å². The molecule has 0 unspecified atom stereocenters. The van der Waals surface area contributed by atoms with E-state index in [0.29, 0.717) is 47.8 Å². The number of nitrogens with zero attached hydrogens (tertiary/aromatic N) is 3. The highest BCUT2D eigenvalue weighted by Gasteiger charge is 2.34. The summed E-state index contributed by atoms with van der Waals surface area (Å²) in [5, 5.41) is 2.92. The molecule has 8 heteroatoms. The lowest BCUT2D eigenvalue weighted by atomic mass is 9.83. The van der Waals surface area contributed by atoms with Crippen molar-refractivity contribution in [2.24, 2.45) is 5.92 Å². The van der Waals surface area contributed by atoms with E-state index in [9.17, 15) is 9.59 Å². The summed E-state index contributed by atoms with van der Waals surface area (Å²) in [5.41, 5.74) is 2.35. The third kappa shape index (κ3) is 3.89. The van der Waals surface area contributed by atoms with E-state index in [1.807, 2.05) is 22.8 Å². The fourth-order valence-corrected chi connectivity index (χ4v) is 5.24. The Morgan fingerprint density at radius 3 is 2.74 bits per heavy atom. The summed E-state index contributed by atoms with van der Waals surface area (Å²) in [6.45, 7) is 3.64. The molecule has 1 amide bonds. The molecule has 5 heterocycles. The molecule has 1 fully saturated rings. The molecular weight excluding hydrogens is 432 g/mol. The van der Waals surface area contributed by atoms with Gasteiger partial charge in [0, 0.05) is 49.3 Å². The van der Waals surface area contributed by atoms with Crippen molar-refractivity contribution in [2.75, 3.05) is 36.5 Å². The molecule has 2 atom stereocenters. The molecule has 1 aromatic carbocycles. The highest BCUT2D eigenvalue weighted by Crippen LogP contribution is 2.36. The van der Waals surface area contributed by atoms with Crippen LogP contribution in [0.3, 0.4) is 0 Å². The third-order valence-electron chi connectivity index (χ3n) is 6.82. The van der Waals surface area contributed by atoms with Crippen molar-refractivity contribution < 1.29 is 14.3 Å². The van der Waals surface area contributed by atoms with Crippen LogP contribution in [0.1, 0.15) is 34.8 Å². The van der Waals surface area contributed by atoms with Crippen LogP contribution < -0.4 is 25.2 Å². The van der Waals surface area contributed by atoms with Crippen molar-refractivity contribution in [2.45, 2.75) is 25.3 Å². The normalized spacial score (nSPS) is 20.8. The van der Waals surface area contributed by atoms with E-state index in [4.69, 9.17) is 9.47 Å². The van der Waals surface area contributed by atoms with Gasteiger partial charge in [-0.2, -0.15) is 0 Å². The van der Waals surface area contributed by atoms with Crippen molar-refractivity contribution in [3.05, 3.63) is 76.3 Å². The Kier molecular flexibility index (Phi) is 5.20. The van der Waals surface area contributed by atoms with Crippen molar-refractivity contribution >= 4 is 17.4 Å². The number of hydrogen-bond donors (Lipinski definition) is 1. The number of carbonyl (C=O) groups excluding carboxylic acids is 1. The van der Waals surface area contributed by atoms with Gasteiger partial charge in [0.05, 0.1) is 25.1 Å². The van der Waals surface area contributed by atoms with E-state index >= 15 is 0 Å². The molecule has 3 aliphatic heterocycles. The topological polar surface area (TPSA) is 85.7 Å². The largest absolute Gasteiger partial charge is 0.490 e. The number of ether oxygens (including phenoxy) is 2. The molecule has 0 radical (unpaired) electrons. The van der Waals surface area contributed by atoms with E-state index in [0.717, 1.165) is 44.0 Å². The molecule has 34 heavy (non-hydrogen) atoms. The Morgan fingerprint density at radius 2 is 1.88 bits per heavy atom. The van der Waals surface area contributed by atoms with Crippen LogP contribution in [0.4, 0.5) is 11.5 Å². The van der Waals surface area contributed by atoms with Gasteiger partial charge in [0.25, 0.3) is 11.5 Å². The first-order valence-electron chi connectivity index (χ1n) is 11.8. The van der Waals surface area contributed by atoms with Crippen LogP contribution in [0.25, 0.3) is 0 Å². The average Bonchev–Trinajstić information content (AvgIpc) is 3.10. The van der Waals surface area contributed by atoms with Gasteiger partial charge in [-0.1, -0.05) is 6.07 Å². The van der Waals surface area contributed by atoms with E-state index in [-0.39, 0.29) is 11.5 Å². The van der Waals surface area contributed by atoms with Gasteiger partial charge < -0.3 is 24.3 Å². The lowest BCUT2D eigenvalue weighted by molar-refractivity contribution is 0.102. The van der Waals surface area contributed by atoms with Crippen LogP contribution in [-0.4, -0.2) is 41.8 Å². The number of nitrogens with one attached hydrogen (secondary N) is 1. The predicted molar refractivity (Wildman–Crippen MR) is 128 cm³/mol. The number of hydrogen-bond acceptors (Lipinski definition) is 6. The van der Waals surface area contributed by atoms with E-state index in [1.54, 1.807) is 30.5 Å². The maximum Gasteiger partial charge on any atom is 0.255 e. The molecule has 1 saturated heterocycles. The minimum Gasteiger partial charge on any atom is -0.490 e. The van der Waals surface area contributed by atoms with Gasteiger partial charge in [0.2, 0.25) is 0 Å². The lowest BCUT2D eigenvalue weighted by Gasteiger charge is -2.43. The maximum absolute atomic E-state index is 12.8. The Hall–Kier alpha value is -3.81. The smallest absolute Gasteiger partial charge is 0.255 e. The zero-order chi connectivity index (χ0) is 23.1. The molecule has 8 nitrogen and oxygen atoms in total. The summed E-state index contributed by atoms with van der Waals surface area (Å²) in [6, 6.07) is 14.6. The molecule has 3 aromatic rings. The van der Waals surface area contributed by atoms with E-state index < -0.39 is 0 Å². The number of fused-ring (bicyclic) bond motifs is 5. The summed E-state index contributed by atoms with van der Waals surface area (Å²) in [6.07, 6.45) is 3.61. The first-order valence-corrected chi connectivity index (χ1v) is 11.8. The number of benzene rings is 1. The summed E-state index contributed by atoms with van der Waals surface area (Å²) in [5.74, 6) is 2.67. The number of amides is 1. The predicted octanol–water partition coefficient (Wildman–Crippen LogP) is 3.28. The van der Waals surface area contributed by atoms with Crippen LogP contribution in [0.15, 0.2) is 59.5 Å². The molecule has 0 aliphatic carbocycles. The Balaban J connectivity index is 1.15. The summed E-state index contributed by atoms with van der Waals surface area (Å²) < 4.78 is 13.3. The first kappa shape index (κ1) is 20.8. The number of anilines is 2. The molecule has 2 bridgehead atoms. The average molecular weight is 459 g/mol. The molecular formula is C26H26N4O4. The second-order valence-electron chi connectivity index (χ2n) is 9.17. The van der Waals surface area contributed by atoms with Crippen molar-refractivity contribution in [1.82, 2.24) is 9.55 Å². The van der Waals surface area contributed by atoms with Gasteiger partial charge in [-0.25, -0.2) is 4.98 Å². The Labute approximate surface area is 197 Å². The molecule has 0 saturated carbocycles.